The van der Waals surface area contributed by atoms with Gasteiger partial charge in [-0.05, 0) is 12.5 Å². The number of aromatic nitrogens is 2. The number of anilines is 1. The predicted molar refractivity (Wildman–Crippen MR) is 82.8 cm³/mol. The molecule has 0 atom stereocenters. The fourth-order valence-electron chi connectivity index (χ4n) is 1.94. The molecule has 6 heteroatoms. The Morgan fingerprint density at radius 2 is 2.25 bits per heavy atom. The largest absolute Gasteiger partial charge is 0.304 e. The number of hydrogen-bond acceptors (Lipinski definition) is 3. The third kappa shape index (κ3) is 2.30. The van der Waals surface area contributed by atoms with Gasteiger partial charge in [0.2, 0.25) is 0 Å². The van der Waals surface area contributed by atoms with Gasteiger partial charge >= 0.3 is 0 Å². The fourth-order valence-corrected chi connectivity index (χ4v) is 3.35. The Labute approximate surface area is 124 Å². The molecule has 2 N–H and O–H groups in total. The van der Waals surface area contributed by atoms with Crippen molar-refractivity contribution in [2.75, 3.05) is 5.32 Å². The zero-order chi connectivity index (χ0) is 14.1. The summed E-state index contributed by atoms with van der Waals surface area (Å²) in [5, 5.41) is 11.1. The molecule has 3 aromatic rings. The summed E-state index contributed by atoms with van der Waals surface area (Å²) in [4.78, 5) is 12.8. The van der Waals surface area contributed by atoms with Gasteiger partial charge in [0.05, 0.1) is 5.02 Å². The number of nitrogens with zero attached hydrogens (tertiary/aromatic N) is 1. The smallest absolute Gasteiger partial charge is 0.268 e. The van der Waals surface area contributed by atoms with Gasteiger partial charge in [-0.3, -0.25) is 9.89 Å². The summed E-state index contributed by atoms with van der Waals surface area (Å²) in [6.07, 6.45) is 0.840. The number of amides is 1. The zero-order valence-electron chi connectivity index (χ0n) is 10.7. The highest BCUT2D eigenvalue weighted by molar-refractivity contribution is 7.21. The van der Waals surface area contributed by atoms with Crippen LogP contribution in [0, 0.1) is 0 Å². The molecular weight excluding hydrogens is 294 g/mol. The van der Waals surface area contributed by atoms with Crippen molar-refractivity contribution < 1.29 is 4.79 Å². The van der Waals surface area contributed by atoms with Crippen LogP contribution < -0.4 is 5.32 Å². The number of benzene rings is 1. The minimum atomic E-state index is -0.231. The number of thiophene rings is 1. The highest BCUT2D eigenvalue weighted by Gasteiger charge is 2.17. The molecule has 0 unspecified atom stereocenters. The molecule has 0 bridgehead atoms. The maximum Gasteiger partial charge on any atom is 0.268 e. The van der Waals surface area contributed by atoms with Crippen LogP contribution in [0.3, 0.4) is 0 Å². The molecule has 0 saturated heterocycles. The van der Waals surface area contributed by atoms with E-state index in [1.165, 1.54) is 11.3 Å². The molecule has 102 valence electrons. The first-order valence-corrected chi connectivity index (χ1v) is 7.41. The average Bonchev–Trinajstić information content (AvgIpc) is 3.04. The first-order valence-electron chi connectivity index (χ1n) is 6.21. The quantitative estimate of drug-likeness (QED) is 0.765. The van der Waals surface area contributed by atoms with E-state index >= 15 is 0 Å². The van der Waals surface area contributed by atoms with E-state index in [0.29, 0.717) is 15.7 Å². The summed E-state index contributed by atoms with van der Waals surface area (Å²) in [5.41, 5.74) is 0.975. The maximum atomic E-state index is 12.3. The van der Waals surface area contributed by atoms with Gasteiger partial charge in [0.25, 0.3) is 5.91 Å². The lowest BCUT2D eigenvalue weighted by Gasteiger charge is -1.99. The molecule has 4 nitrogen and oxygen atoms in total. The molecule has 0 fully saturated rings. The summed E-state index contributed by atoms with van der Waals surface area (Å²) in [5.74, 6) is 0.283. The van der Waals surface area contributed by atoms with Gasteiger partial charge in [-0.25, -0.2) is 0 Å². The molecule has 0 spiro atoms. The van der Waals surface area contributed by atoms with Crippen LogP contribution in [-0.4, -0.2) is 16.1 Å². The second kappa shape index (κ2) is 5.26. The third-order valence-corrected chi connectivity index (χ3v) is 4.67. The molecule has 3 rings (SSSR count). The molecule has 0 aliphatic heterocycles. The van der Waals surface area contributed by atoms with Gasteiger partial charge in [0.15, 0.2) is 5.82 Å². The van der Waals surface area contributed by atoms with Crippen molar-refractivity contribution in [1.82, 2.24) is 10.2 Å². The Kier molecular flexibility index (Phi) is 3.46. The summed E-state index contributed by atoms with van der Waals surface area (Å²) in [6.45, 7) is 2.02. The van der Waals surface area contributed by atoms with Crippen LogP contribution in [-0.2, 0) is 6.42 Å². The Hall–Kier alpha value is -1.85. The Bertz CT molecular complexity index is 778. The lowest BCUT2D eigenvalue weighted by molar-refractivity contribution is 0.103. The maximum absolute atomic E-state index is 12.3. The number of aromatic amines is 1. The summed E-state index contributed by atoms with van der Waals surface area (Å²) in [7, 11) is 0. The topological polar surface area (TPSA) is 57.8 Å². The van der Waals surface area contributed by atoms with Crippen molar-refractivity contribution in [2.24, 2.45) is 0 Å². The minimum absolute atomic E-state index is 0.231. The van der Waals surface area contributed by atoms with Crippen molar-refractivity contribution in [3.8, 4) is 0 Å². The molecule has 0 aliphatic rings. The van der Waals surface area contributed by atoms with E-state index < -0.39 is 0 Å². The minimum Gasteiger partial charge on any atom is -0.304 e. The molecule has 2 aromatic heterocycles. The van der Waals surface area contributed by atoms with Crippen molar-refractivity contribution in [2.45, 2.75) is 13.3 Å². The number of H-pyrrole nitrogens is 1. The number of hydrogen-bond donors (Lipinski definition) is 2. The van der Waals surface area contributed by atoms with E-state index in [2.05, 4.69) is 15.5 Å². The summed E-state index contributed by atoms with van der Waals surface area (Å²) in [6, 6.07) is 9.52. The van der Waals surface area contributed by atoms with E-state index in [0.717, 1.165) is 22.2 Å². The van der Waals surface area contributed by atoms with Crippen LogP contribution in [0.4, 0.5) is 5.82 Å². The van der Waals surface area contributed by atoms with Crippen LogP contribution in [0.1, 0.15) is 22.3 Å². The third-order valence-electron chi connectivity index (χ3n) is 2.99. The molecule has 1 aromatic carbocycles. The highest BCUT2D eigenvalue weighted by atomic mass is 35.5. The summed E-state index contributed by atoms with van der Waals surface area (Å²) >= 11 is 7.65. The first kappa shape index (κ1) is 13.1. The summed E-state index contributed by atoms with van der Waals surface area (Å²) < 4.78 is 0.999. The van der Waals surface area contributed by atoms with E-state index in [-0.39, 0.29) is 5.91 Å². The zero-order valence-corrected chi connectivity index (χ0v) is 12.3. The number of fused-ring (bicyclic) bond motifs is 1. The van der Waals surface area contributed by atoms with Crippen molar-refractivity contribution in [3.63, 3.8) is 0 Å². The molecule has 1 amide bonds. The van der Waals surface area contributed by atoms with Crippen molar-refractivity contribution >= 4 is 44.7 Å². The SMILES string of the molecule is CCc1cc(NC(=O)c2sc3ccccc3c2Cl)n[nH]1. The van der Waals surface area contributed by atoms with Crippen molar-refractivity contribution in [1.29, 1.82) is 0 Å². The average molecular weight is 306 g/mol. The monoisotopic (exact) mass is 305 g/mol. The lowest BCUT2D eigenvalue weighted by Crippen LogP contribution is -2.10. The second-order valence-electron chi connectivity index (χ2n) is 4.33. The van der Waals surface area contributed by atoms with Gasteiger partial charge in [0.1, 0.15) is 4.88 Å². The highest BCUT2D eigenvalue weighted by Crippen LogP contribution is 2.35. The lowest BCUT2D eigenvalue weighted by atomic mass is 10.2. The van der Waals surface area contributed by atoms with Crippen LogP contribution in [0.15, 0.2) is 30.3 Å². The van der Waals surface area contributed by atoms with Crippen LogP contribution in [0.25, 0.3) is 10.1 Å². The van der Waals surface area contributed by atoms with Gasteiger partial charge in [0, 0.05) is 21.8 Å². The number of rotatable bonds is 3. The number of carbonyl (C=O) groups is 1. The first-order chi connectivity index (χ1) is 9.69. The van der Waals surface area contributed by atoms with Gasteiger partial charge in [-0.2, -0.15) is 5.10 Å². The van der Waals surface area contributed by atoms with E-state index in [1.54, 1.807) is 0 Å². The molecule has 0 aliphatic carbocycles. The number of aryl methyl sites for hydroxylation is 1. The van der Waals surface area contributed by atoms with Gasteiger partial charge < -0.3 is 5.32 Å². The Morgan fingerprint density at radius 1 is 1.45 bits per heavy atom. The standard InChI is InChI=1S/C14H12ClN3OS/c1-2-8-7-11(18-17-8)16-14(19)13-12(15)9-5-3-4-6-10(9)20-13/h3-7H,2H2,1H3,(H2,16,17,18,19). The normalized spacial score (nSPS) is 10.9. The molecule has 2 heterocycles. The Morgan fingerprint density at radius 3 is 2.95 bits per heavy atom. The van der Waals surface area contributed by atoms with Crippen LogP contribution in [0.5, 0.6) is 0 Å². The van der Waals surface area contributed by atoms with E-state index in [1.807, 2.05) is 37.3 Å². The Balaban J connectivity index is 1.90. The molecule has 0 radical (unpaired) electrons. The van der Waals surface area contributed by atoms with Crippen molar-refractivity contribution in [3.05, 3.63) is 45.9 Å². The van der Waals surface area contributed by atoms with Crippen LogP contribution >= 0.6 is 22.9 Å². The predicted octanol–water partition coefficient (Wildman–Crippen LogP) is 4.09. The second-order valence-corrected chi connectivity index (χ2v) is 5.76. The fraction of sp³-hybridized carbons (Fsp3) is 0.143. The number of nitrogens with one attached hydrogen (secondary N) is 2. The van der Waals surface area contributed by atoms with Crippen LogP contribution in [0.2, 0.25) is 5.02 Å². The molecular formula is C14H12ClN3OS. The van der Waals surface area contributed by atoms with Gasteiger partial charge in [-0.15, -0.1) is 11.3 Å². The van der Waals surface area contributed by atoms with E-state index in [4.69, 9.17) is 11.6 Å². The number of carbonyl (C=O) groups excluding carboxylic acids is 1. The van der Waals surface area contributed by atoms with E-state index in [9.17, 15) is 4.79 Å². The number of halogens is 1. The molecule has 20 heavy (non-hydrogen) atoms. The molecule has 0 saturated carbocycles. The van der Waals surface area contributed by atoms with Gasteiger partial charge in [-0.1, -0.05) is 36.7 Å².